The summed E-state index contributed by atoms with van der Waals surface area (Å²) in [5.41, 5.74) is 0.690. The Hall–Kier alpha value is -1.95. The highest BCUT2D eigenvalue weighted by atomic mass is 16.6. The quantitative estimate of drug-likeness (QED) is 0.553. The van der Waals surface area contributed by atoms with Gasteiger partial charge in [-0.15, -0.1) is 0 Å². The summed E-state index contributed by atoms with van der Waals surface area (Å²) in [4.78, 5) is 20.1. The van der Waals surface area contributed by atoms with Crippen LogP contribution in [0.5, 0.6) is 0 Å². The predicted octanol–water partition coefficient (Wildman–Crippen LogP) is 0.769. The highest BCUT2D eigenvalue weighted by Crippen LogP contribution is 2.12. The summed E-state index contributed by atoms with van der Waals surface area (Å²) >= 11 is 0. The van der Waals surface area contributed by atoms with E-state index in [0.717, 1.165) is 0 Å². The van der Waals surface area contributed by atoms with Crippen LogP contribution in [0.25, 0.3) is 0 Å². The third-order valence-corrected chi connectivity index (χ3v) is 1.73. The maximum atomic E-state index is 10.4. The van der Waals surface area contributed by atoms with E-state index in [4.69, 9.17) is 5.11 Å². The second-order valence-corrected chi connectivity index (χ2v) is 2.92. The van der Waals surface area contributed by atoms with Crippen LogP contribution >= 0.6 is 0 Å². The van der Waals surface area contributed by atoms with Crippen LogP contribution < -0.4 is 5.32 Å². The van der Waals surface area contributed by atoms with Crippen molar-refractivity contribution in [1.82, 2.24) is 5.32 Å². The van der Waals surface area contributed by atoms with E-state index < -0.39 is 10.9 Å². The zero-order valence-electron chi connectivity index (χ0n) is 7.84. The Labute approximate surface area is 85.7 Å². The van der Waals surface area contributed by atoms with Gasteiger partial charge < -0.3 is 10.4 Å². The van der Waals surface area contributed by atoms with Gasteiger partial charge in [0.15, 0.2) is 0 Å². The summed E-state index contributed by atoms with van der Waals surface area (Å²) in [6.07, 6.45) is 0. The molecule has 6 heteroatoms. The molecule has 1 aromatic carbocycles. The molecule has 1 rings (SSSR count). The molecule has 0 spiro atoms. The van der Waals surface area contributed by atoms with Crippen LogP contribution in [-0.4, -0.2) is 22.5 Å². The molecule has 0 bridgehead atoms. The third-order valence-electron chi connectivity index (χ3n) is 1.73. The summed E-state index contributed by atoms with van der Waals surface area (Å²) in [5.74, 6) is -0.958. The summed E-state index contributed by atoms with van der Waals surface area (Å²) in [6.45, 7) is 0.136. The molecule has 15 heavy (non-hydrogen) atoms. The van der Waals surface area contributed by atoms with Gasteiger partial charge in [0.1, 0.15) is 0 Å². The molecule has 2 N–H and O–H groups in total. The van der Waals surface area contributed by atoms with E-state index in [1.54, 1.807) is 12.1 Å². The third kappa shape index (κ3) is 3.74. The first kappa shape index (κ1) is 11.1. The molecule has 80 valence electrons. The number of hydrogen-bond donors (Lipinski definition) is 2. The molecule has 0 aliphatic heterocycles. The SMILES string of the molecule is O=C(O)CNCc1cccc([N+](=O)[O-])c1. The number of nitro benzene ring substituents is 1. The van der Waals surface area contributed by atoms with E-state index in [9.17, 15) is 14.9 Å². The first-order valence-electron chi connectivity index (χ1n) is 4.25. The van der Waals surface area contributed by atoms with Crippen molar-refractivity contribution in [3.63, 3.8) is 0 Å². The highest BCUT2D eigenvalue weighted by Gasteiger charge is 2.05. The van der Waals surface area contributed by atoms with Gasteiger partial charge in [-0.2, -0.15) is 0 Å². The van der Waals surface area contributed by atoms with Gasteiger partial charge in [-0.25, -0.2) is 0 Å². The van der Waals surface area contributed by atoms with Crippen molar-refractivity contribution in [2.24, 2.45) is 0 Å². The maximum Gasteiger partial charge on any atom is 0.317 e. The maximum absolute atomic E-state index is 10.4. The number of benzene rings is 1. The van der Waals surface area contributed by atoms with Crippen LogP contribution in [0.15, 0.2) is 24.3 Å². The molecule has 0 unspecified atom stereocenters. The second kappa shape index (κ2) is 5.06. The zero-order valence-corrected chi connectivity index (χ0v) is 7.84. The molecule has 0 aliphatic rings. The van der Waals surface area contributed by atoms with E-state index in [1.807, 2.05) is 0 Å². The summed E-state index contributed by atoms with van der Waals surface area (Å²) < 4.78 is 0. The number of carboxylic acids is 1. The molecule has 0 radical (unpaired) electrons. The number of aliphatic carboxylic acids is 1. The number of nitrogens with one attached hydrogen (secondary N) is 1. The molecule has 6 nitrogen and oxygen atoms in total. The average Bonchev–Trinajstić information content (AvgIpc) is 2.17. The predicted molar refractivity (Wildman–Crippen MR) is 52.4 cm³/mol. The van der Waals surface area contributed by atoms with Crippen LogP contribution in [0.3, 0.4) is 0 Å². The van der Waals surface area contributed by atoms with Crippen LogP contribution in [-0.2, 0) is 11.3 Å². The van der Waals surface area contributed by atoms with Crippen molar-refractivity contribution in [1.29, 1.82) is 0 Å². The Morgan fingerprint density at radius 1 is 1.53 bits per heavy atom. The standard InChI is InChI=1S/C9H10N2O4/c12-9(13)6-10-5-7-2-1-3-8(4-7)11(14)15/h1-4,10H,5-6H2,(H,12,13). The lowest BCUT2D eigenvalue weighted by Gasteiger charge is -2.01. The fraction of sp³-hybridized carbons (Fsp3) is 0.222. The Bertz CT molecular complexity index is 378. The van der Waals surface area contributed by atoms with E-state index in [-0.39, 0.29) is 12.2 Å². The van der Waals surface area contributed by atoms with Gasteiger partial charge >= 0.3 is 5.97 Å². The van der Waals surface area contributed by atoms with Crippen molar-refractivity contribution in [3.8, 4) is 0 Å². The topological polar surface area (TPSA) is 92.5 Å². The van der Waals surface area contributed by atoms with Crippen molar-refractivity contribution in [3.05, 3.63) is 39.9 Å². The van der Waals surface area contributed by atoms with Crippen molar-refractivity contribution in [2.45, 2.75) is 6.54 Å². The molecule has 0 saturated heterocycles. The average molecular weight is 210 g/mol. The number of nitrogens with zero attached hydrogens (tertiary/aromatic N) is 1. The minimum atomic E-state index is -0.958. The molecule has 0 saturated carbocycles. The number of rotatable bonds is 5. The van der Waals surface area contributed by atoms with Gasteiger partial charge in [-0.05, 0) is 5.56 Å². The lowest BCUT2D eigenvalue weighted by molar-refractivity contribution is -0.384. The largest absolute Gasteiger partial charge is 0.480 e. The fourth-order valence-electron chi connectivity index (χ4n) is 1.09. The first-order chi connectivity index (χ1) is 7.09. The van der Waals surface area contributed by atoms with Gasteiger partial charge in [-0.3, -0.25) is 14.9 Å². The normalized spacial score (nSPS) is 9.87. The van der Waals surface area contributed by atoms with E-state index in [0.29, 0.717) is 12.1 Å². The number of carbonyl (C=O) groups is 1. The minimum Gasteiger partial charge on any atom is -0.480 e. The van der Waals surface area contributed by atoms with Gasteiger partial charge in [0.05, 0.1) is 11.5 Å². The van der Waals surface area contributed by atoms with E-state index in [2.05, 4.69) is 5.32 Å². The van der Waals surface area contributed by atoms with Crippen LogP contribution in [0, 0.1) is 10.1 Å². The molecule has 0 fully saturated rings. The van der Waals surface area contributed by atoms with E-state index in [1.165, 1.54) is 12.1 Å². The molecule has 0 atom stereocenters. The molecule has 0 heterocycles. The first-order valence-corrected chi connectivity index (χ1v) is 4.25. The molecule has 0 amide bonds. The smallest absolute Gasteiger partial charge is 0.317 e. The van der Waals surface area contributed by atoms with Crippen LogP contribution in [0.2, 0.25) is 0 Å². The van der Waals surface area contributed by atoms with Gasteiger partial charge in [0, 0.05) is 18.7 Å². The summed E-state index contributed by atoms with van der Waals surface area (Å²) in [6, 6.07) is 6.06. The monoisotopic (exact) mass is 210 g/mol. The molecular formula is C9H10N2O4. The van der Waals surface area contributed by atoms with Crippen molar-refractivity contribution in [2.75, 3.05) is 6.54 Å². The summed E-state index contributed by atoms with van der Waals surface area (Å²) in [5, 5.41) is 21.4. The van der Waals surface area contributed by atoms with Crippen LogP contribution in [0.1, 0.15) is 5.56 Å². The summed E-state index contributed by atoms with van der Waals surface area (Å²) in [7, 11) is 0. The molecule has 0 aromatic heterocycles. The van der Waals surface area contributed by atoms with Crippen molar-refractivity contribution >= 4 is 11.7 Å². The second-order valence-electron chi connectivity index (χ2n) is 2.92. The Morgan fingerprint density at radius 3 is 2.87 bits per heavy atom. The Morgan fingerprint density at radius 2 is 2.27 bits per heavy atom. The van der Waals surface area contributed by atoms with Gasteiger partial charge in [-0.1, -0.05) is 12.1 Å². The number of nitro groups is 1. The van der Waals surface area contributed by atoms with Crippen LogP contribution in [0.4, 0.5) is 5.69 Å². The minimum absolute atomic E-state index is 0.00428. The highest BCUT2D eigenvalue weighted by molar-refractivity contribution is 5.69. The Kier molecular flexibility index (Phi) is 3.75. The van der Waals surface area contributed by atoms with Gasteiger partial charge in [0.25, 0.3) is 5.69 Å². The Balaban J connectivity index is 2.58. The molecule has 0 aliphatic carbocycles. The number of non-ortho nitro benzene ring substituents is 1. The van der Waals surface area contributed by atoms with Crippen molar-refractivity contribution < 1.29 is 14.8 Å². The fourth-order valence-corrected chi connectivity index (χ4v) is 1.09. The molecule has 1 aromatic rings. The number of carboxylic acid groups (broad SMARTS) is 1. The molecular weight excluding hydrogens is 200 g/mol. The lowest BCUT2D eigenvalue weighted by Crippen LogP contribution is -2.21. The van der Waals surface area contributed by atoms with Gasteiger partial charge in [0.2, 0.25) is 0 Å². The number of hydrogen-bond acceptors (Lipinski definition) is 4. The zero-order chi connectivity index (χ0) is 11.3. The van der Waals surface area contributed by atoms with E-state index >= 15 is 0 Å². The lowest BCUT2D eigenvalue weighted by atomic mass is 10.2.